The summed E-state index contributed by atoms with van der Waals surface area (Å²) >= 11 is 0. The summed E-state index contributed by atoms with van der Waals surface area (Å²) in [5.74, 6) is 0. The van der Waals surface area contributed by atoms with E-state index >= 15 is 0 Å². The van der Waals surface area contributed by atoms with Gasteiger partial charge < -0.3 is 5.11 Å². The van der Waals surface area contributed by atoms with Crippen LogP contribution < -0.4 is 0 Å². The molecule has 0 fully saturated rings. The Balaban J connectivity index is 1.69. The molecule has 2 aromatic rings. The monoisotopic (exact) mass is 281 g/mol. The van der Waals surface area contributed by atoms with Gasteiger partial charge in [0.15, 0.2) is 0 Å². The number of fused-ring (bicyclic) bond motifs is 1. The van der Waals surface area contributed by atoms with Crippen molar-refractivity contribution in [3.8, 4) is 0 Å². The van der Waals surface area contributed by atoms with E-state index in [0.717, 1.165) is 31.5 Å². The lowest BCUT2D eigenvalue weighted by Gasteiger charge is -2.24. The molecule has 2 aromatic carbocycles. The zero-order valence-corrected chi connectivity index (χ0v) is 12.6. The molecule has 0 amide bonds. The molecule has 1 aliphatic heterocycles. The van der Waals surface area contributed by atoms with E-state index in [0.29, 0.717) is 6.54 Å². The summed E-state index contributed by atoms with van der Waals surface area (Å²) < 4.78 is 0. The maximum absolute atomic E-state index is 10.5. The summed E-state index contributed by atoms with van der Waals surface area (Å²) in [4.78, 5) is 2.37. The fourth-order valence-corrected chi connectivity index (χ4v) is 3.06. The predicted molar refractivity (Wildman–Crippen MR) is 86.2 cm³/mol. The molecule has 1 N–H and O–H groups in total. The van der Waals surface area contributed by atoms with Gasteiger partial charge >= 0.3 is 0 Å². The van der Waals surface area contributed by atoms with Crippen LogP contribution in [-0.2, 0) is 13.0 Å². The Morgan fingerprint density at radius 3 is 2.52 bits per heavy atom. The Labute approximate surface area is 127 Å². The summed E-state index contributed by atoms with van der Waals surface area (Å²) in [6.07, 6.45) is 1.90. The molecule has 1 unspecified atom stereocenters. The second-order valence-electron chi connectivity index (χ2n) is 6.03. The second kappa shape index (κ2) is 6.42. The molecule has 0 aliphatic carbocycles. The van der Waals surface area contributed by atoms with Crippen LogP contribution in [0.5, 0.6) is 0 Å². The van der Waals surface area contributed by atoms with Gasteiger partial charge in [0.2, 0.25) is 0 Å². The van der Waals surface area contributed by atoms with E-state index < -0.39 is 6.10 Å². The molecule has 0 saturated carbocycles. The Hall–Kier alpha value is -1.64. The lowest BCUT2D eigenvalue weighted by Crippen LogP contribution is -2.28. The highest BCUT2D eigenvalue weighted by Crippen LogP contribution is 2.21. The van der Waals surface area contributed by atoms with Gasteiger partial charge in [-0.15, -0.1) is 0 Å². The molecule has 1 aliphatic rings. The van der Waals surface area contributed by atoms with Gasteiger partial charge in [-0.3, -0.25) is 4.90 Å². The first-order valence-corrected chi connectivity index (χ1v) is 7.76. The molecule has 2 nitrogen and oxygen atoms in total. The molecule has 2 heteroatoms. The number of aliphatic hydroxyl groups excluding tert-OH is 1. The average Bonchev–Trinajstić information content (AvgIpc) is 2.69. The number of benzene rings is 2. The quantitative estimate of drug-likeness (QED) is 0.931. The zero-order valence-electron chi connectivity index (χ0n) is 12.6. The van der Waals surface area contributed by atoms with Crippen LogP contribution in [0.2, 0.25) is 0 Å². The lowest BCUT2D eigenvalue weighted by atomic mass is 10.0. The standard InChI is InChI=1S/C19H23NO/c1-15-8-10-17(11-9-15)19(21)14-20-12-4-7-16-5-2-3-6-18(16)13-20/h2-3,5-6,8-11,19,21H,4,7,12-14H2,1H3. The number of nitrogens with zero attached hydrogens (tertiary/aromatic N) is 1. The zero-order chi connectivity index (χ0) is 14.7. The van der Waals surface area contributed by atoms with Crippen LogP contribution in [0.4, 0.5) is 0 Å². The molecular formula is C19H23NO. The minimum absolute atomic E-state index is 0.407. The molecule has 110 valence electrons. The predicted octanol–water partition coefficient (Wildman–Crippen LogP) is 3.48. The fraction of sp³-hybridized carbons (Fsp3) is 0.368. The van der Waals surface area contributed by atoms with Crippen LogP contribution in [0.3, 0.4) is 0 Å². The number of hydrogen-bond acceptors (Lipinski definition) is 2. The Morgan fingerprint density at radius 2 is 1.76 bits per heavy atom. The van der Waals surface area contributed by atoms with Crippen molar-refractivity contribution in [2.75, 3.05) is 13.1 Å². The topological polar surface area (TPSA) is 23.5 Å². The number of β-amino-alcohol motifs (C(OH)–C–C–N with tert-alkyl or cyclic N) is 1. The lowest BCUT2D eigenvalue weighted by molar-refractivity contribution is 0.110. The molecule has 0 radical (unpaired) electrons. The molecule has 0 aromatic heterocycles. The molecular weight excluding hydrogens is 258 g/mol. The largest absolute Gasteiger partial charge is 0.387 e. The van der Waals surface area contributed by atoms with Gasteiger partial charge in [0.25, 0.3) is 0 Å². The molecule has 1 atom stereocenters. The summed E-state index contributed by atoms with van der Waals surface area (Å²) in [6, 6.07) is 16.9. The van der Waals surface area contributed by atoms with Crippen molar-refractivity contribution in [2.45, 2.75) is 32.4 Å². The number of rotatable bonds is 3. The van der Waals surface area contributed by atoms with E-state index in [1.807, 2.05) is 12.1 Å². The maximum Gasteiger partial charge on any atom is 0.0917 e. The molecule has 3 rings (SSSR count). The van der Waals surface area contributed by atoms with Crippen LogP contribution in [0.25, 0.3) is 0 Å². The van der Waals surface area contributed by atoms with Crippen molar-refractivity contribution in [2.24, 2.45) is 0 Å². The Kier molecular flexibility index (Phi) is 4.37. The smallest absolute Gasteiger partial charge is 0.0917 e. The van der Waals surface area contributed by atoms with Gasteiger partial charge in [-0.2, -0.15) is 0 Å². The maximum atomic E-state index is 10.5. The van der Waals surface area contributed by atoms with Gasteiger partial charge in [0, 0.05) is 13.1 Å². The Bertz CT molecular complexity index is 591. The molecule has 21 heavy (non-hydrogen) atoms. The van der Waals surface area contributed by atoms with Crippen LogP contribution in [0.15, 0.2) is 48.5 Å². The van der Waals surface area contributed by atoms with Gasteiger partial charge in [-0.1, -0.05) is 54.1 Å². The summed E-state index contributed by atoms with van der Waals surface area (Å²) in [5, 5.41) is 10.5. The van der Waals surface area contributed by atoms with Crippen molar-refractivity contribution >= 4 is 0 Å². The Morgan fingerprint density at radius 1 is 1.05 bits per heavy atom. The minimum Gasteiger partial charge on any atom is -0.387 e. The molecule has 0 bridgehead atoms. The average molecular weight is 281 g/mol. The first-order chi connectivity index (χ1) is 10.2. The van der Waals surface area contributed by atoms with Crippen molar-refractivity contribution in [1.29, 1.82) is 0 Å². The van der Waals surface area contributed by atoms with E-state index in [1.54, 1.807) is 0 Å². The highest BCUT2D eigenvalue weighted by atomic mass is 16.3. The van der Waals surface area contributed by atoms with Gasteiger partial charge in [-0.05, 0) is 43.0 Å². The van der Waals surface area contributed by atoms with Crippen LogP contribution in [0.1, 0.15) is 34.8 Å². The summed E-state index contributed by atoms with van der Waals surface area (Å²) in [6.45, 7) is 4.77. The van der Waals surface area contributed by atoms with Gasteiger partial charge in [-0.25, -0.2) is 0 Å². The highest BCUT2D eigenvalue weighted by molar-refractivity contribution is 5.28. The van der Waals surface area contributed by atoms with Crippen molar-refractivity contribution in [3.63, 3.8) is 0 Å². The minimum atomic E-state index is -0.407. The van der Waals surface area contributed by atoms with E-state index in [9.17, 15) is 5.11 Å². The number of hydrogen-bond donors (Lipinski definition) is 1. The SMILES string of the molecule is Cc1ccc(C(O)CN2CCCc3ccccc3C2)cc1. The third-order valence-electron chi connectivity index (χ3n) is 4.33. The van der Waals surface area contributed by atoms with E-state index in [4.69, 9.17) is 0 Å². The van der Waals surface area contributed by atoms with Crippen LogP contribution >= 0.6 is 0 Å². The molecule has 0 saturated heterocycles. The van der Waals surface area contributed by atoms with Crippen molar-refractivity contribution < 1.29 is 5.11 Å². The summed E-state index contributed by atoms with van der Waals surface area (Å²) in [7, 11) is 0. The van der Waals surface area contributed by atoms with Crippen molar-refractivity contribution in [1.82, 2.24) is 4.90 Å². The fourth-order valence-electron chi connectivity index (χ4n) is 3.06. The number of aryl methyl sites for hydroxylation is 2. The van der Waals surface area contributed by atoms with Crippen LogP contribution in [0, 0.1) is 6.92 Å². The summed E-state index contributed by atoms with van der Waals surface area (Å²) in [5.41, 5.74) is 5.11. The number of aliphatic hydroxyl groups is 1. The third-order valence-corrected chi connectivity index (χ3v) is 4.33. The van der Waals surface area contributed by atoms with E-state index in [2.05, 4.69) is 48.2 Å². The highest BCUT2D eigenvalue weighted by Gasteiger charge is 2.17. The third kappa shape index (κ3) is 3.52. The van der Waals surface area contributed by atoms with E-state index in [-0.39, 0.29) is 0 Å². The first-order valence-electron chi connectivity index (χ1n) is 7.76. The van der Waals surface area contributed by atoms with Gasteiger partial charge in [0.1, 0.15) is 0 Å². The van der Waals surface area contributed by atoms with Crippen LogP contribution in [-0.4, -0.2) is 23.1 Å². The normalized spacial score (nSPS) is 17.0. The van der Waals surface area contributed by atoms with E-state index in [1.165, 1.54) is 16.7 Å². The van der Waals surface area contributed by atoms with Gasteiger partial charge in [0.05, 0.1) is 6.10 Å². The molecule has 0 spiro atoms. The molecule has 1 heterocycles. The first kappa shape index (κ1) is 14.3. The van der Waals surface area contributed by atoms with Crippen molar-refractivity contribution in [3.05, 3.63) is 70.8 Å². The second-order valence-corrected chi connectivity index (χ2v) is 6.03.